The molecule has 0 amide bonds. The minimum absolute atomic E-state index is 0.0889. The topological polar surface area (TPSA) is 41.5 Å². The first kappa shape index (κ1) is 16.8. The summed E-state index contributed by atoms with van der Waals surface area (Å²) < 4.78 is 41.5. The molecule has 0 radical (unpaired) electrons. The second-order valence-corrected chi connectivity index (χ2v) is 4.62. The molecule has 0 aliphatic rings. The van der Waals surface area contributed by atoms with Gasteiger partial charge in [0, 0.05) is 6.04 Å². The minimum Gasteiger partial charge on any atom is -0.491 e. The summed E-state index contributed by atoms with van der Waals surface area (Å²) in [4.78, 5) is 0. The van der Waals surface area contributed by atoms with Crippen LogP contribution in [0.1, 0.15) is 31.9 Å². The number of aliphatic hydroxyl groups is 1. The highest BCUT2D eigenvalue weighted by Gasteiger charge is 2.38. The highest BCUT2D eigenvalue weighted by molar-refractivity contribution is 5.30. The number of hydrogen-bond donors (Lipinski definition) is 2. The Labute approximate surface area is 116 Å². The fourth-order valence-corrected chi connectivity index (χ4v) is 1.62. The van der Waals surface area contributed by atoms with Gasteiger partial charge in [-0.25, -0.2) is 0 Å². The Morgan fingerprint density at radius 3 is 2.65 bits per heavy atom. The molecular formula is C14H20F3NO2. The van der Waals surface area contributed by atoms with Crippen molar-refractivity contribution in [2.45, 2.75) is 38.6 Å². The lowest BCUT2D eigenvalue weighted by Gasteiger charge is -2.17. The van der Waals surface area contributed by atoms with Gasteiger partial charge in [0.1, 0.15) is 12.4 Å². The molecule has 0 heterocycles. The lowest BCUT2D eigenvalue weighted by Crippen LogP contribution is -2.34. The summed E-state index contributed by atoms with van der Waals surface area (Å²) in [7, 11) is 0. The molecule has 0 saturated heterocycles. The van der Waals surface area contributed by atoms with Crippen molar-refractivity contribution >= 4 is 0 Å². The van der Waals surface area contributed by atoms with E-state index in [4.69, 9.17) is 9.84 Å². The molecule has 1 aromatic rings. The molecule has 0 fully saturated rings. The highest BCUT2D eigenvalue weighted by atomic mass is 19.4. The number of halogens is 3. The predicted molar refractivity (Wildman–Crippen MR) is 70.7 cm³/mol. The molecule has 2 unspecified atom stereocenters. The van der Waals surface area contributed by atoms with Crippen molar-refractivity contribution in [3.63, 3.8) is 0 Å². The monoisotopic (exact) mass is 291 g/mol. The second kappa shape index (κ2) is 7.50. The zero-order chi connectivity index (χ0) is 15.2. The smallest absolute Gasteiger partial charge is 0.417 e. The molecule has 1 rings (SSSR count). The van der Waals surface area contributed by atoms with Crippen molar-refractivity contribution in [1.29, 1.82) is 0 Å². The van der Waals surface area contributed by atoms with E-state index in [1.54, 1.807) is 18.2 Å². The van der Waals surface area contributed by atoms with Crippen LogP contribution in [0.4, 0.5) is 13.2 Å². The van der Waals surface area contributed by atoms with Crippen molar-refractivity contribution in [3.05, 3.63) is 29.8 Å². The van der Waals surface area contributed by atoms with Crippen molar-refractivity contribution in [2.24, 2.45) is 0 Å². The Bertz CT molecular complexity index is 410. The van der Waals surface area contributed by atoms with Gasteiger partial charge in [-0.05, 0) is 37.6 Å². The summed E-state index contributed by atoms with van der Waals surface area (Å²) in [5, 5.41) is 12.2. The van der Waals surface area contributed by atoms with Crippen molar-refractivity contribution in [3.8, 4) is 5.75 Å². The maximum Gasteiger partial charge on any atom is 0.417 e. The van der Waals surface area contributed by atoms with Crippen LogP contribution in [-0.4, -0.2) is 30.5 Å². The Kier molecular flexibility index (Phi) is 6.29. The van der Waals surface area contributed by atoms with Gasteiger partial charge in [0.05, 0.1) is 0 Å². The third-order valence-electron chi connectivity index (χ3n) is 2.84. The standard InChI is InChI=1S/C14H20F3NO2/c1-3-7-18-10(2)11-5-4-6-12(8-11)20-9-13(19)14(15,16)17/h4-6,8,10,13,18-19H,3,7,9H2,1-2H3. The van der Waals surface area contributed by atoms with Crippen LogP contribution in [0.2, 0.25) is 0 Å². The molecular weight excluding hydrogens is 271 g/mol. The van der Waals surface area contributed by atoms with Crippen LogP contribution in [-0.2, 0) is 0 Å². The van der Waals surface area contributed by atoms with Gasteiger partial charge in [-0.3, -0.25) is 0 Å². The van der Waals surface area contributed by atoms with Gasteiger partial charge in [0.25, 0.3) is 0 Å². The first-order chi connectivity index (χ1) is 9.34. The Hall–Kier alpha value is -1.27. The summed E-state index contributed by atoms with van der Waals surface area (Å²) in [6, 6.07) is 6.93. The van der Waals surface area contributed by atoms with Crippen LogP contribution in [0.5, 0.6) is 5.75 Å². The van der Waals surface area contributed by atoms with E-state index in [-0.39, 0.29) is 6.04 Å². The molecule has 20 heavy (non-hydrogen) atoms. The molecule has 0 bridgehead atoms. The number of rotatable bonds is 7. The molecule has 0 spiro atoms. The van der Waals surface area contributed by atoms with Crippen molar-refractivity contribution in [1.82, 2.24) is 5.32 Å². The molecule has 2 atom stereocenters. The molecule has 0 aliphatic carbocycles. The van der Waals surface area contributed by atoms with Gasteiger partial charge >= 0.3 is 6.18 Å². The van der Waals surface area contributed by atoms with E-state index in [2.05, 4.69) is 12.2 Å². The largest absolute Gasteiger partial charge is 0.491 e. The zero-order valence-corrected chi connectivity index (χ0v) is 11.6. The first-order valence-electron chi connectivity index (χ1n) is 6.55. The lowest BCUT2D eigenvalue weighted by molar-refractivity contribution is -0.210. The van der Waals surface area contributed by atoms with Crippen LogP contribution in [0, 0.1) is 0 Å². The fourth-order valence-electron chi connectivity index (χ4n) is 1.62. The molecule has 0 aromatic heterocycles. The van der Waals surface area contributed by atoms with Gasteiger partial charge in [-0.15, -0.1) is 0 Å². The SMILES string of the molecule is CCCNC(C)c1cccc(OCC(O)C(F)(F)F)c1. The maximum atomic E-state index is 12.2. The van der Waals surface area contributed by atoms with E-state index in [1.165, 1.54) is 0 Å². The Balaban J connectivity index is 2.60. The normalized spacial score (nSPS) is 14.9. The molecule has 0 saturated carbocycles. The summed E-state index contributed by atoms with van der Waals surface area (Å²) in [6.45, 7) is 4.08. The predicted octanol–water partition coefficient (Wildman–Crippen LogP) is 3.05. The lowest BCUT2D eigenvalue weighted by atomic mass is 10.1. The zero-order valence-electron chi connectivity index (χ0n) is 11.6. The number of hydrogen-bond acceptors (Lipinski definition) is 3. The van der Waals surface area contributed by atoms with E-state index in [9.17, 15) is 13.2 Å². The van der Waals surface area contributed by atoms with Gasteiger partial charge in [0.2, 0.25) is 0 Å². The maximum absolute atomic E-state index is 12.2. The van der Waals surface area contributed by atoms with Gasteiger partial charge in [-0.2, -0.15) is 13.2 Å². The average Bonchev–Trinajstić information content (AvgIpc) is 2.41. The van der Waals surface area contributed by atoms with E-state index in [0.29, 0.717) is 5.75 Å². The van der Waals surface area contributed by atoms with E-state index >= 15 is 0 Å². The second-order valence-electron chi connectivity index (χ2n) is 4.62. The van der Waals surface area contributed by atoms with Gasteiger partial charge in [0.15, 0.2) is 6.10 Å². The molecule has 2 N–H and O–H groups in total. The number of aliphatic hydroxyl groups excluding tert-OH is 1. The first-order valence-corrected chi connectivity index (χ1v) is 6.55. The number of benzene rings is 1. The fraction of sp³-hybridized carbons (Fsp3) is 0.571. The highest BCUT2D eigenvalue weighted by Crippen LogP contribution is 2.23. The van der Waals surface area contributed by atoms with E-state index in [1.807, 2.05) is 13.0 Å². The summed E-state index contributed by atoms with van der Waals surface area (Å²) in [5.41, 5.74) is 0.928. The van der Waals surface area contributed by atoms with Crippen LogP contribution < -0.4 is 10.1 Å². The van der Waals surface area contributed by atoms with Crippen LogP contribution in [0.3, 0.4) is 0 Å². The Morgan fingerprint density at radius 1 is 1.35 bits per heavy atom. The molecule has 114 valence electrons. The van der Waals surface area contributed by atoms with Crippen LogP contribution in [0.15, 0.2) is 24.3 Å². The Morgan fingerprint density at radius 2 is 2.05 bits per heavy atom. The van der Waals surface area contributed by atoms with Crippen LogP contribution >= 0.6 is 0 Å². The van der Waals surface area contributed by atoms with Crippen LogP contribution in [0.25, 0.3) is 0 Å². The summed E-state index contributed by atoms with van der Waals surface area (Å²) >= 11 is 0. The molecule has 6 heteroatoms. The number of nitrogens with one attached hydrogen (secondary N) is 1. The van der Waals surface area contributed by atoms with E-state index in [0.717, 1.165) is 18.5 Å². The summed E-state index contributed by atoms with van der Waals surface area (Å²) in [5.74, 6) is 0.316. The summed E-state index contributed by atoms with van der Waals surface area (Å²) in [6.07, 6.45) is -6.13. The minimum atomic E-state index is -4.66. The van der Waals surface area contributed by atoms with Gasteiger partial charge < -0.3 is 15.2 Å². The van der Waals surface area contributed by atoms with Crippen molar-refractivity contribution < 1.29 is 23.0 Å². The molecule has 0 aliphatic heterocycles. The quantitative estimate of drug-likeness (QED) is 0.811. The molecule has 3 nitrogen and oxygen atoms in total. The molecule has 1 aromatic carbocycles. The third kappa shape index (κ3) is 5.38. The number of ether oxygens (including phenoxy) is 1. The third-order valence-corrected chi connectivity index (χ3v) is 2.84. The van der Waals surface area contributed by atoms with Crippen molar-refractivity contribution in [2.75, 3.05) is 13.2 Å². The number of alkyl halides is 3. The van der Waals surface area contributed by atoms with Gasteiger partial charge in [-0.1, -0.05) is 19.1 Å². The van der Waals surface area contributed by atoms with E-state index < -0.39 is 18.9 Å². The average molecular weight is 291 g/mol.